The average Bonchev–Trinajstić information content (AvgIpc) is 2.66. The summed E-state index contributed by atoms with van der Waals surface area (Å²) in [6.07, 6.45) is 0.530. The number of aryl methyl sites for hydroxylation is 1. The molecule has 3 heteroatoms. The van der Waals surface area contributed by atoms with Crippen molar-refractivity contribution in [1.29, 1.82) is 0 Å². The van der Waals surface area contributed by atoms with Crippen molar-refractivity contribution in [2.75, 3.05) is 6.61 Å². The number of hydrogen-bond acceptors (Lipinski definition) is 2. The van der Waals surface area contributed by atoms with Crippen LogP contribution in [0.2, 0.25) is 0 Å². The summed E-state index contributed by atoms with van der Waals surface area (Å²) in [5.41, 5.74) is 1.82. The number of benzene rings is 1. The third-order valence-electron chi connectivity index (χ3n) is 2.93. The summed E-state index contributed by atoms with van der Waals surface area (Å²) in [6.45, 7) is 4.49. The summed E-state index contributed by atoms with van der Waals surface area (Å²) in [5, 5.41) is 1.05. The van der Waals surface area contributed by atoms with Gasteiger partial charge in [0.15, 0.2) is 5.78 Å². The van der Waals surface area contributed by atoms with E-state index in [1.807, 2.05) is 49.7 Å². The summed E-state index contributed by atoms with van der Waals surface area (Å²) >= 11 is 0. The van der Waals surface area contributed by atoms with Crippen LogP contribution in [0.4, 0.5) is 0 Å². The first-order valence-electron chi connectivity index (χ1n) is 5.92. The molecule has 0 spiro atoms. The second-order valence-corrected chi connectivity index (χ2v) is 4.02. The fraction of sp³-hybridized carbons (Fsp3) is 0.357. The lowest BCUT2D eigenvalue weighted by molar-refractivity contribution is 0.0981. The van der Waals surface area contributed by atoms with Gasteiger partial charge in [-0.2, -0.15) is 0 Å². The van der Waals surface area contributed by atoms with Crippen LogP contribution >= 0.6 is 0 Å². The van der Waals surface area contributed by atoms with Crippen LogP contribution < -0.4 is 4.74 Å². The summed E-state index contributed by atoms with van der Waals surface area (Å²) in [7, 11) is 1.92. The summed E-state index contributed by atoms with van der Waals surface area (Å²) < 4.78 is 7.40. The minimum absolute atomic E-state index is 0.168. The molecule has 0 aliphatic heterocycles. The molecule has 0 amide bonds. The van der Waals surface area contributed by atoms with Crippen LogP contribution in [0.1, 0.15) is 30.8 Å². The Morgan fingerprint density at radius 2 is 2.06 bits per heavy atom. The van der Waals surface area contributed by atoms with E-state index < -0.39 is 0 Å². The molecule has 2 rings (SSSR count). The zero-order chi connectivity index (χ0) is 12.4. The summed E-state index contributed by atoms with van der Waals surface area (Å²) in [4.78, 5) is 11.8. The number of carbonyl (C=O) groups excluding carboxylic acids is 1. The molecule has 3 nitrogen and oxygen atoms in total. The Labute approximate surface area is 101 Å². The molecule has 0 N–H and O–H groups in total. The molecule has 1 aromatic carbocycles. The molecule has 0 atom stereocenters. The van der Waals surface area contributed by atoms with Crippen LogP contribution in [-0.4, -0.2) is 17.0 Å². The van der Waals surface area contributed by atoms with Crippen molar-refractivity contribution < 1.29 is 9.53 Å². The van der Waals surface area contributed by atoms with Crippen LogP contribution in [0.5, 0.6) is 5.75 Å². The Kier molecular flexibility index (Phi) is 3.18. The first kappa shape index (κ1) is 11.7. The number of carbonyl (C=O) groups is 1. The van der Waals surface area contributed by atoms with Gasteiger partial charge < -0.3 is 9.30 Å². The van der Waals surface area contributed by atoms with Crippen molar-refractivity contribution in [3.63, 3.8) is 0 Å². The molecule has 0 saturated carbocycles. The standard InChI is InChI=1S/C14H17NO2/c1-4-14(16)13-9-10-8-11(17-5-2)6-7-12(10)15(13)3/h6-9H,4-5H2,1-3H3. The first-order valence-corrected chi connectivity index (χ1v) is 5.92. The third kappa shape index (κ3) is 2.05. The van der Waals surface area contributed by atoms with Gasteiger partial charge in [0.1, 0.15) is 5.75 Å². The molecule has 0 bridgehead atoms. The van der Waals surface area contributed by atoms with E-state index in [0.29, 0.717) is 13.0 Å². The fourth-order valence-electron chi connectivity index (χ4n) is 2.03. The van der Waals surface area contributed by atoms with Gasteiger partial charge in [0.25, 0.3) is 0 Å². The number of Topliss-reactive ketones (excluding diaryl/α,β-unsaturated/α-hetero) is 1. The lowest BCUT2D eigenvalue weighted by Crippen LogP contribution is -2.03. The number of aromatic nitrogens is 1. The SMILES string of the molecule is CCOc1ccc2c(c1)cc(C(=O)CC)n2C. The normalized spacial score (nSPS) is 10.8. The highest BCUT2D eigenvalue weighted by molar-refractivity contribution is 6.00. The van der Waals surface area contributed by atoms with Gasteiger partial charge in [0.05, 0.1) is 12.3 Å². The fourth-order valence-corrected chi connectivity index (χ4v) is 2.03. The Hall–Kier alpha value is -1.77. The monoisotopic (exact) mass is 231 g/mol. The number of ether oxygens (including phenoxy) is 1. The van der Waals surface area contributed by atoms with E-state index >= 15 is 0 Å². The number of rotatable bonds is 4. The van der Waals surface area contributed by atoms with E-state index in [2.05, 4.69) is 0 Å². The predicted octanol–water partition coefficient (Wildman–Crippen LogP) is 3.17. The van der Waals surface area contributed by atoms with Crippen molar-refractivity contribution in [1.82, 2.24) is 4.57 Å². The molecule has 0 saturated heterocycles. The molecule has 17 heavy (non-hydrogen) atoms. The van der Waals surface area contributed by atoms with Crippen molar-refractivity contribution in [3.8, 4) is 5.75 Å². The lowest BCUT2D eigenvalue weighted by atomic mass is 10.2. The lowest BCUT2D eigenvalue weighted by Gasteiger charge is -2.03. The minimum Gasteiger partial charge on any atom is -0.494 e. The van der Waals surface area contributed by atoms with Gasteiger partial charge in [-0.3, -0.25) is 4.79 Å². The van der Waals surface area contributed by atoms with E-state index in [0.717, 1.165) is 22.3 Å². The summed E-state index contributed by atoms with van der Waals surface area (Å²) in [5.74, 6) is 1.02. The maximum absolute atomic E-state index is 11.8. The van der Waals surface area contributed by atoms with E-state index in [4.69, 9.17) is 4.74 Å². The van der Waals surface area contributed by atoms with Gasteiger partial charge in [0.2, 0.25) is 0 Å². The van der Waals surface area contributed by atoms with Crippen molar-refractivity contribution in [3.05, 3.63) is 30.0 Å². The van der Waals surface area contributed by atoms with E-state index in [-0.39, 0.29) is 5.78 Å². The first-order chi connectivity index (χ1) is 8.17. The molecule has 0 unspecified atom stereocenters. The van der Waals surface area contributed by atoms with Gasteiger partial charge in [-0.15, -0.1) is 0 Å². The Bertz CT molecular complexity index is 555. The van der Waals surface area contributed by atoms with Crippen LogP contribution in [0.15, 0.2) is 24.3 Å². The molecule has 90 valence electrons. The van der Waals surface area contributed by atoms with Gasteiger partial charge in [0, 0.05) is 24.4 Å². The van der Waals surface area contributed by atoms with Gasteiger partial charge in [-0.25, -0.2) is 0 Å². The van der Waals surface area contributed by atoms with Gasteiger partial charge >= 0.3 is 0 Å². The minimum atomic E-state index is 0.168. The van der Waals surface area contributed by atoms with Gasteiger partial charge in [-0.1, -0.05) is 6.92 Å². The largest absolute Gasteiger partial charge is 0.494 e. The highest BCUT2D eigenvalue weighted by Gasteiger charge is 2.11. The molecule has 0 radical (unpaired) electrons. The molecule has 1 aromatic heterocycles. The van der Waals surface area contributed by atoms with E-state index in [1.165, 1.54) is 0 Å². The molecule has 0 fully saturated rings. The molecule has 0 aliphatic carbocycles. The maximum Gasteiger partial charge on any atom is 0.178 e. The second kappa shape index (κ2) is 4.62. The van der Waals surface area contributed by atoms with E-state index in [9.17, 15) is 4.79 Å². The third-order valence-corrected chi connectivity index (χ3v) is 2.93. The zero-order valence-corrected chi connectivity index (χ0v) is 10.5. The van der Waals surface area contributed by atoms with Gasteiger partial charge in [-0.05, 0) is 31.2 Å². The van der Waals surface area contributed by atoms with Crippen molar-refractivity contribution in [2.24, 2.45) is 7.05 Å². The Morgan fingerprint density at radius 1 is 1.29 bits per heavy atom. The molecular formula is C14H17NO2. The van der Waals surface area contributed by atoms with Crippen molar-refractivity contribution in [2.45, 2.75) is 20.3 Å². The Morgan fingerprint density at radius 3 is 2.71 bits per heavy atom. The molecule has 2 aromatic rings. The van der Waals surface area contributed by atoms with Crippen LogP contribution in [-0.2, 0) is 7.05 Å². The average molecular weight is 231 g/mol. The van der Waals surface area contributed by atoms with Crippen LogP contribution in [0.25, 0.3) is 10.9 Å². The number of hydrogen-bond donors (Lipinski definition) is 0. The molecular weight excluding hydrogens is 214 g/mol. The Balaban J connectivity index is 2.53. The number of nitrogens with zero attached hydrogens (tertiary/aromatic N) is 1. The smallest absolute Gasteiger partial charge is 0.178 e. The zero-order valence-electron chi connectivity index (χ0n) is 10.5. The number of ketones is 1. The topological polar surface area (TPSA) is 31.2 Å². The van der Waals surface area contributed by atoms with Crippen molar-refractivity contribution >= 4 is 16.7 Å². The highest BCUT2D eigenvalue weighted by Crippen LogP contribution is 2.24. The van der Waals surface area contributed by atoms with Crippen LogP contribution in [0.3, 0.4) is 0 Å². The van der Waals surface area contributed by atoms with Crippen LogP contribution in [0, 0.1) is 0 Å². The number of fused-ring (bicyclic) bond motifs is 1. The molecule has 1 heterocycles. The molecule has 0 aliphatic rings. The quantitative estimate of drug-likeness (QED) is 0.757. The maximum atomic E-state index is 11.8. The van der Waals surface area contributed by atoms with E-state index in [1.54, 1.807) is 0 Å². The predicted molar refractivity (Wildman–Crippen MR) is 68.7 cm³/mol. The second-order valence-electron chi connectivity index (χ2n) is 4.02. The highest BCUT2D eigenvalue weighted by atomic mass is 16.5. The summed E-state index contributed by atoms with van der Waals surface area (Å²) in [6, 6.07) is 7.84.